The van der Waals surface area contributed by atoms with Gasteiger partial charge in [-0.2, -0.15) is 0 Å². The summed E-state index contributed by atoms with van der Waals surface area (Å²) < 4.78 is 0. The van der Waals surface area contributed by atoms with Gasteiger partial charge < -0.3 is 5.32 Å². The first-order chi connectivity index (χ1) is 16.5. The number of anilines is 2. The van der Waals surface area contributed by atoms with E-state index in [0.29, 0.717) is 29.8 Å². The Kier molecular flexibility index (Phi) is 5.80. The minimum absolute atomic E-state index is 0.219. The van der Waals surface area contributed by atoms with Crippen LogP contribution in [0.3, 0.4) is 0 Å². The summed E-state index contributed by atoms with van der Waals surface area (Å²) in [6.45, 7) is 1.99. The minimum atomic E-state index is -0.359. The van der Waals surface area contributed by atoms with E-state index in [1.807, 2.05) is 49.4 Å². The van der Waals surface area contributed by atoms with Crippen molar-refractivity contribution in [1.29, 1.82) is 0 Å². The van der Waals surface area contributed by atoms with Gasteiger partial charge in [-0.15, -0.1) is 0 Å². The maximum atomic E-state index is 13.2. The number of para-hydroxylation sites is 1. The number of carbonyl (C=O) groups excluding carboxylic acids is 3. The first-order valence-electron chi connectivity index (χ1n) is 11.4. The fraction of sp³-hybridized carbons (Fsp3) is 0.214. The summed E-state index contributed by atoms with van der Waals surface area (Å²) in [7, 11) is 0. The molecule has 34 heavy (non-hydrogen) atoms. The van der Waals surface area contributed by atoms with Crippen LogP contribution in [0.5, 0.6) is 0 Å². The fourth-order valence-electron chi connectivity index (χ4n) is 4.78. The van der Waals surface area contributed by atoms with Gasteiger partial charge in [-0.25, -0.2) is 4.90 Å². The predicted octanol–water partition coefficient (Wildman–Crippen LogP) is 4.77. The number of imide groups is 1. The Morgan fingerprint density at radius 1 is 0.941 bits per heavy atom. The SMILES string of the molecule is CC1=CC[C@@H]2C(=O)N(c3ccccc3C(=O)Nc3ccc(Cc4ccncc4)cc3)C(=O)[C@@H]2C1. The van der Waals surface area contributed by atoms with E-state index in [9.17, 15) is 14.4 Å². The molecule has 1 saturated heterocycles. The quantitative estimate of drug-likeness (QED) is 0.448. The van der Waals surface area contributed by atoms with E-state index in [-0.39, 0.29) is 29.6 Å². The number of aromatic nitrogens is 1. The third-order valence-corrected chi connectivity index (χ3v) is 6.58. The molecule has 2 heterocycles. The maximum Gasteiger partial charge on any atom is 0.257 e. The van der Waals surface area contributed by atoms with Crippen molar-refractivity contribution < 1.29 is 14.4 Å². The molecule has 6 nitrogen and oxygen atoms in total. The highest BCUT2D eigenvalue weighted by Gasteiger charge is 2.49. The van der Waals surface area contributed by atoms with Crippen LogP contribution in [-0.2, 0) is 16.0 Å². The van der Waals surface area contributed by atoms with Gasteiger partial charge in [0.15, 0.2) is 0 Å². The zero-order valence-electron chi connectivity index (χ0n) is 18.9. The number of nitrogens with one attached hydrogen (secondary N) is 1. The van der Waals surface area contributed by atoms with E-state index < -0.39 is 0 Å². The number of amides is 3. The Bertz CT molecular complexity index is 1280. The lowest BCUT2D eigenvalue weighted by molar-refractivity contribution is -0.122. The van der Waals surface area contributed by atoms with Gasteiger partial charge in [-0.3, -0.25) is 19.4 Å². The molecule has 2 aromatic carbocycles. The third-order valence-electron chi connectivity index (χ3n) is 6.58. The Hall–Kier alpha value is -4.06. The van der Waals surface area contributed by atoms with Gasteiger partial charge in [0.2, 0.25) is 11.8 Å². The molecule has 0 bridgehead atoms. The fourth-order valence-corrected chi connectivity index (χ4v) is 4.78. The van der Waals surface area contributed by atoms with Crippen LogP contribution in [0.4, 0.5) is 11.4 Å². The first kappa shape index (κ1) is 21.8. The molecule has 1 aliphatic carbocycles. The van der Waals surface area contributed by atoms with Gasteiger partial charge in [0.25, 0.3) is 5.91 Å². The van der Waals surface area contributed by atoms with Gasteiger partial charge in [0.05, 0.1) is 23.1 Å². The Morgan fingerprint density at radius 3 is 2.38 bits per heavy atom. The predicted molar refractivity (Wildman–Crippen MR) is 130 cm³/mol. The molecule has 0 radical (unpaired) electrons. The molecular formula is C28H25N3O3. The van der Waals surface area contributed by atoms with Crippen LogP contribution in [0.1, 0.15) is 41.3 Å². The number of hydrogen-bond acceptors (Lipinski definition) is 4. The molecule has 1 fully saturated rings. The second-order valence-corrected chi connectivity index (χ2v) is 8.92. The molecule has 1 N–H and O–H groups in total. The zero-order valence-corrected chi connectivity index (χ0v) is 18.9. The van der Waals surface area contributed by atoms with Crippen molar-refractivity contribution in [2.75, 3.05) is 10.2 Å². The molecule has 2 atom stereocenters. The molecule has 3 amide bonds. The lowest BCUT2D eigenvalue weighted by Gasteiger charge is -2.19. The number of benzene rings is 2. The standard InChI is InChI=1S/C28H25N3O3/c1-18-6-11-22-24(16-18)28(34)31(27(22)33)25-5-3-2-4-23(25)26(32)30-21-9-7-19(8-10-21)17-20-12-14-29-15-13-20/h2-10,12-15,22,24H,11,16-17H2,1H3,(H,30,32)/t22-,24+/m0/s1. The average Bonchev–Trinajstić information content (AvgIpc) is 3.10. The summed E-state index contributed by atoms with van der Waals surface area (Å²) in [6, 6.07) is 18.4. The highest BCUT2D eigenvalue weighted by Crippen LogP contribution is 2.40. The van der Waals surface area contributed by atoms with Crippen molar-refractivity contribution in [2.45, 2.75) is 26.2 Å². The molecule has 0 spiro atoms. The van der Waals surface area contributed by atoms with Gasteiger partial charge in [-0.1, -0.05) is 35.9 Å². The van der Waals surface area contributed by atoms with E-state index in [1.165, 1.54) is 4.90 Å². The Morgan fingerprint density at radius 2 is 1.62 bits per heavy atom. The summed E-state index contributed by atoms with van der Waals surface area (Å²) in [6.07, 6.45) is 7.50. The van der Waals surface area contributed by atoms with Gasteiger partial charge in [0.1, 0.15) is 0 Å². The van der Waals surface area contributed by atoms with Crippen LogP contribution in [0.25, 0.3) is 0 Å². The number of nitrogens with zero attached hydrogens (tertiary/aromatic N) is 2. The van der Waals surface area contributed by atoms with Crippen LogP contribution >= 0.6 is 0 Å². The number of pyridine rings is 1. The third kappa shape index (κ3) is 4.15. The molecule has 1 aliphatic heterocycles. The van der Waals surface area contributed by atoms with E-state index in [4.69, 9.17) is 0 Å². The summed E-state index contributed by atoms with van der Waals surface area (Å²) in [5.74, 6) is -1.49. The van der Waals surface area contributed by atoms with Gasteiger partial charge in [0, 0.05) is 18.1 Å². The average molecular weight is 452 g/mol. The van der Waals surface area contributed by atoms with E-state index in [0.717, 1.165) is 23.1 Å². The van der Waals surface area contributed by atoms with Crippen molar-refractivity contribution in [3.8, 4) is 0 Å². The highest BCUT2D eigenvalue weighted by atomic mass is 16.2. The van der Waals surface area contributed by atoms with Gasteiger partial charge >= 0.3 is 0 Å². The number of fused-ring (bicyclic) bond motifs is 1. The Balaban J connectivity index is 1.34. The molecular weight excluding hydrogens is 426 g/mol. The number of carbonyl (C=O) groups is 3. The van der Waals surface area contributed by atoms with Crippen molar-refractivity contribution in [1.82, 2.24) is 4.98 Å². The van der Waals surface area contributed by atoms with Crippen LogP contribution < -0.4 is 10.2 Å². The largest absolute Gasteiger partial charge is 0.322 e. The van der Waals surface area contributed by atoms with Crippen LogP contribution in [0.2, 0.25) is 0 Å². The lowest BCUT2D eigenvalue weighted by atomic mass is 9.82. The second-order valence-electron chi connectivity index (χ2n) is 8.92. The number of rotatable bonds is 5. The van der Waals surface area contributed by atoms with Gasteiger partial charge in [-0.05, 0) is 73.7 Å². The number of allylic oxidation sites excluding steroid dienone is 2. The molecule has 6 heteroatoms. The molecule has 3 aromatic rings. The van der Waals surface area contributed by atoms with Crippen LogP contribution in [0.15, 0.2) is 84.7 Å². The summed E-state index contributed by atoms with van der Waals surface area (Å²) in [5.41, 5.74) is 4.69. The monoisotopic (exact) mass is 451 g/mol. The van der Waals surface area contributed by atoms with Crippen molar-refractivity contribution >= 4 is 29.1 Å². The van der Waals surface area contributed by atoms with Crippen molar-refractivity contribution in [3.05, 3.63) is 101 Å². The molecule has 170 valence electrons. The van der Waals surface area contributed by atoms with Crippen molar-refractivity contribution in [3.63, 3.8) is 0 Å². The summed E-state index contributed by atoms with van der Waals surface area (Å²) in [4.78, 5) is 44.7. The molecule has 0 unspecified atom stereocenters. The van der Waals surface area contributed by atoms with Crippen LogP contribution in [0, 0.1) is 11.8 Å². The maximum absolute atomic E-state index is 13.2. The zero-order chi connectivity index (χ0) is 23.7. The topological polar surface area (TPSA) is 79.4 Å². The smallest absolute Gasteiger partial charge is 0.257 e. The Labute approximate surface area is 198 Å². The normalized spacial score (nSPS) is 19.6. The number of hydrogen-bond donors (Lipinski definition) is 1. The second kappa shape index (κ2) is 9.06. The first-order valence-corrected chi connectivity index (χ1v) is 11.4. The summed E-state index contributed by atoms with van der Waals surface area (Å²) >= 11 is 0. The lowest BCUT2D eigenvalue weighted by Crippen LogP contribution is -2.33. The molecule has 1 aromatic heterocycles. The van der Waals surface area contributed by atoms with Crippen LogP contribution in [-0.4, -0.2) is 22.7 Å². The van der Waals surface area contributed by atoms with Crippen molar-refractivity contribution in [2.24, 2.45) is 11.8 Å². The van der Waals surface area contributed by atoms with E-state index in [1.54, 1.807) is 36.7 Å². The highest BCUT2D eigenvalue weighted by molar-refractivity contribution is 6.25. The van der Waals surface area contributed by atoms with E-state index in [2.05, 4.69) is 10.3 Å². The summed E-state index contributed by atoms with van der Waals surface area (Å²) in [5, 5.41) is 2.90. The minimum Gasteiger partial charge on any atom is -0.322 e. The molecule has 5 rings (SSSR count). The van der Waals surface area contributed by atoms with E-state index >= 15 is 0 Å². The molecule has 0 saturated carbocycles. The molecule has 2 aliphatic rings.